The van der Waals surface area contributed by atoms with Crippen LogP contribution in [0.2, 0.25) is 10.0 Å². The highest BCUT2D eigenvalue weighted by atomic mass is 35.5. The van der Waals surface area contributed by atoms with E-state index in [1.807, 2.05) is 18.2 Å². The summed E-state index contributed by atoms with van der Waals surface area (Å²) < 4.78 is 7.93. The number of halogens is 2. The Kier molecular flexibility index (Phi) is 6.65. The zero-order valence-corrected chi connectivity index (χ0v) is 19.9. The maximum Gasteiger partial charge on any atom is 0.224 e. The maximum absolute atomic E-state index is 12.6. The third kappa shape index (κ3) is 5.00. The molecule has 1 aliphatic rings. The molecular formula is C25H23Cl2N5O2. The van der Waals surface area contributed by atoms with Crippen molar-refractivity contribution in [3.8, 4) is 22.7 Å². The van der Waals surface area contributed by atoms with Crippen molar-refractivity contribution in [2.45, 2.75) is 45.1 Å². The predicted octanol–water partition coefficient (Wildman–Crippen LogP) is 6.20. The second kappa shape index (κ2) is 9.99. The normalized spacial score (nSPS) is 13.4. The Morgan fingerprint density at radius 3 is 2.76 bits per heavy atom. The third-order valence-electron chi connectivity index (χ3n) is 5.85. The summed E-state index contributed by atoms with van der Waals surface area (Å²) in [5.74, 6) is 2.74. The number of aryl methyl sites for hydroxylation is 2. The number of rotatable bonds is 6. The molecule has 5 rings (SSSR count). The van der Waals surface area contributed by atoms with Crippen LogP contribution in [0, 0.1) is 0 Å². The summed E-state index contributed by atoms with van der Waals surface area (Å²) in [7, 11) is 0. The van der Waals surface area contributed by atoms with E-state index in [2.05, 4.69) is 25.1 Å². The topological polar surface area (TPSA) is 85.8 Å². The van der Waals surface area contributed by atoms with Crippen LogP contribution in [0.1, 0.15) is 37.4 Å². The Bertz CT molecular complexity index is 1310. The van der Waals surface area contributed by atoms with Gasteiger partial charge in [0.05, 0.1) is 11.2 Å². The van der Waals surface area contributed by atoms with Gasteiger partial charge in [0.25, 0.3) is 0 Å². The van der Waals surface area contributed by atoms with Gasteiger partial charge < -0.3 is 14.3 Å². The monoisotopic (exact) mass is 495 g/mol. The van der Waals surface area contributed by atoms with E-state index in [1.54, 1.807) is 30.5 Å². The van der Waals surface area contributed by atoms with Crippen molar-refractivity contribution in [1.82, 2.24) is 19.7 Å². The molecule has 34 heavy (non-hydrogen) atoms. The molecule has 7 nitrogen and oxygen atoms in total. The Balaban J connectivity index is 1.24. The lowest BCUT2D eigenvalue weighted by molar-refractivity contribution is -0.116. The number of oxazole rings is 1. The van der Waals surface area contributed by atoms with Crippen molar-refractivity contribution in [2.24, 2.45) is 0 Å². The van der Waals surface area contributed by atoms with Gasteiger partial charge in [-0.2, -0.15) is 0 Å². The van der Waals surface area contributed by atoms with E-state index in [4.69, 9.17) is 27.6 Å². The summed E-state index contributed by atoms with van der Waals surface area (Å²) in [6, 6.07) is 12.7. The van der Waals surface area contributed by atoms with E-state index in [-0.39, 0.29) is 12.3 Å². The largest absolute Gasteiger partial charge is 0.441 e. The van der Waals surface area contributed by atoms with Gasteiger partial charge in [0, 0.05) is 47.6 Å². The van der Waals surface area contributed by atoms with Crippen molar-refractivity contribution < 1.29 is 9.21 Å². The van der Waals surface area contributed by atoms with Gasteiger partial charge in [0.1, 0.15) is 5.82 Å². The van der Waals surface area contributed by atoms with Crippen LogP contribution in [0.25, 0.3) is 22.7 Å². The summed E-state index contributed by atoms with van der Waals surface area (Å²) in [4.78, 5) is 16.9. The standard InChI is InChI=1S/C25H23Cl2N5O2/c26-17-7-5-16(6-8-17)21-15-28-24(34-21)12-11-23(33)29-18-9-10-20(27)19(14-18)25-31-30-22-4-2-1-3-13-32(22)25/h5-10,14-15H,1-4,11-13H2,(H,29,33). The Labute approximate surface area is 207 Å². The molecule has 174 valence electrons. The number of amides is 1. The lowest BCUT2D eigenvalue weighted by Gasteiger charge is -2.11. The molecule has 2 aromatic heterocycles. The lowest BCUT2D eigenvalue weighted by Crippen LogP contribution is -2.12. The Morgan fingerprint density at radius 1 is 1.06 bits per heavy atom. The van der Waals surface area contributed by atoms with E-state index in [9.17, 15) is 4.79 Å². The lowest BCUT2D eigenvalue weighted by atomic mass is 10.1. The molecule has 0 bridgehead atoms. The fraction of sp³-hybridized carbons (Fsp3) is 0.280. The first-order valence-electron chi connectivity index (χ1n) is 11.3. The highest BCUT2D eigenvalue weighted by Gasteiger charge is 2.19. The van der Waals surface area contributed by atoms with Crippen LogP contribution in [0.3, 0.4) is 0 Å². The van der Waals surface area contributed by atoms with Crippen LogP contribution >= 0.6 is 23.2 Å². The quantitative estimate of drug-likeness (QED) is 0.343. The molecule has 0 atom stereocenters. The second-order valence-corrected chi connectivity index (χ2v) is 9.11. The minimum Gasteiger partial charge on any atom is -0.441 e. The molecule has 1 amide bonds. The third-order valence-corrected chi connectivity index (χ3v) is 6.43. The number of nitrogens with zero attached hydrogens (tertiary/aromatic N) is 4. The molecule has 0 aliphatic carbocycles. The fourth-order valence-corrected chi connectivity index (χ4v) is 4.40. The Morgan fingerprint density at radius 2 is 1.91 bits per heavy atom. The van der Waals surface area contributed by atoms with Crippen LogP contribution in [-0.4, -0.2) is 25.7 Å². The zero-order chi connectivity index (χ0) is 23.5. The van der Waals surface area contributed by atoms with E-state index >= 15 is 0 Å². The average molecular weight is 496 g/mol. The van der Waals surface area contributed by atoms with E-state index in [1.165, 1.54) is 6.42 Å². The number of hydrogen-bond donors (Lipinski definition) is 1. The first-order chi connectivity index (χ1) is 16.6. The van der Waals surface area contributed by atoms with Gasteiger partial charge in [-0.25, -0.2) is 4.98 Å². The van der Waals surface area contributed by atoms with Gasteiger partial charge in [-0.05, 0) is 55.3 Å². The number of anilines is 1. The predicted molar refractivity (Wildman–Crippen MR) is 132 cm³/mol. The van der Waals surface area contributed by atoms with Gasteiger partial charge in [-0.15, -0.1) is 10.2 Å². The van der Waals surface area contributed by atoms with E-state index < -0.39 is 0 Å². The molecule has 0 fully saturated rings. The zero-order valence-electron chi connectivity index (χ0n) is 18.4. The molecule has 0 saturated carbocycles. The number of carbonyl (C=O) groups excluding carboxylic acids is 1. The number of fused-ring (bicyclic) bond motifs is 1. The number of hydrogen-bond acceptors (Lipinski definition) is 5. The molecule has 1 N–H and O–H groups in total. The number of benzene rings is 2. The van der Waals surface area contributed by atoms with E-state index in [0.717, 1.165) is 48.6 Å². The smallest absolute Gasteiger partial charge is 0.224 e. The molecular weight excluding hydrogens is 473 g/mol. The van der Waals surface area contributed by atoms with Gasteiger partial charge in [-0.1, -0.05) is 29.6 Å². The van der Waals surface area contributed by atoms with Crippen molar-refractivity contribution >= 4 is 34.8 Å². The molecule has 9 heteroatoms. The SMILES string of the molecule is O=C(CCc1ncc(-c2ccc(Cl)cc2)o1)Nc1ccc(Cl)c(-c2nnc3n2CCCCC3)c1. The number of nitrogens with one attached hydrogen (secondary N) is 1. The first kappa shape index (κ1) is 22.6. The van der Waals surface area contributed by atoms with Gasteiger partial charge >= 0.3 is 0 Å². The average Bonchev–Trinajstić information content (AvgIpc) is 3.40. The second-order valence-electron chi connectivity index (χ2n) is 8.27. The summed E-state index contributed by atoms with van der Waals surface area (Å²) >= 11 is 12.4. The van der Waals surface area contributed by atoms with Gasteiger partial charge in [-0.3, -0.25) is 4.79 Å². The van der Waals surface area contributed by atoms with Crippen LogP contribution in [0.15, 0.2) is 53.1 Å². The summed E-state index contributed by atoms with van der Waals surface area (Å²) in [6.07, 6.45) is 6.58. The molecule has 0 unspecified atom stereocenters. The highest BCUT2D eigenvalue weighted by molar-refractivity contribution is 6.33. The number of carbonyl (C=O) groups is 1. The fourth-order valence-electron chi connectivity index (χ4n) is 4.08. The minimum atomic E-state index is -0.139. The molecule has 1 aliphatic heterocycles. The van der Waals surface area contributed by atoms with Crippen molar-refractivity contribution in [1.29, 1.82) is 0 Å². The van der Waals surface area contributed by atoms with Crippen molar-refractivity contribution in [2.75, 3.05) is 5.32 Å². The van der Waals surface area contributed by atoms with Crippen LogP contribution in [0.4, 0.5) is 5.69 Å². The molecule has 4 aromatic rings. The minimum absolute atomic E-state index is 0.139. The first-order valence-corrected chi connectivity index (χ1v) is 12.0. The highest BCUT2D eigenvalue weighted by Crippen LogP contribution is 2.31. The number of aromatic nitrogens is 4. The van der Waals surface area contributed by atoms with Crippen molar-refractivity contribution in [3.05, 3.63) is 70.4 Å². The molecule has 3 heterocycles. The molecule has 0 spiro atoms. The molecule has 2 aromatic carbocycles. The summed E-state index contributed by atoms with van der Waals surface area (Å²) in [5, 5.41) is 12.9. The summed E-state index contributed by atoms with van der Waals surface area (Å²) in [5.41, 5.74) is 2.30. The van der Waals surface area contributed by atoms with Crippen LogP contribution < -0.4 is 5.32 Å². The Hall–Kier alpha value is -3.16. The van der Waals surface area contributed by atoms with Crippen LogP contribution in [0.5, 0.6) is 0 Å². The summed E-state index contributed by atoms with van der Waals surface area (Å²) in [6.45, 7) is 0.874. The molecule has 0 radical (unpaired) electrons. The van der Waals surface area contributed by atoms with Gasteiger partial charge in [0.2, 0.25) is 5.91 Å². The van der Waals surface area contributed by atoms with E-state index in [0.29, 0.717) is 33.8 Å². The maximum atomic E-state index is 12.6. The van der Waals surface area contributed by atoms with Crippen molar-refractivity contribution in [3.63, 3.8) is 0 Å². The van der Waals surface area contributed by atoms with Gasteiger partial charge in [0.15, 0.2) is 17.5 Å². The van der Waals surface area contributed by atoms with Crippen LogP contribution in [-0.2, 0) is 24.2 Å². The molecule has 0 saturated heterocycles.